The molecule has 1 aromatic heterocycles. The average molecular weight is 301 g/mol. The van der Waals surface area contributed by atoms with E-state index in [0.717, 1.165) is 11.1 Å². The first kappa shape index (κ1) is 15.0. The van der Waals surface area contributed by atoms with Gasteiger partial charge in [-0.05, 0) is 42.8 Å². The number of aliphatic hydroxyl groups is 1. The van der Waals surface area contributed by atoms with Gasteiger partial charge >= 0.3 is 0 Å². The molecular weight excluding hydrogens is 288 g/mol. The van der Waals surface area contributed by atoms with Crippen molar-refractivity contribution < 1.29 is 9.90 Å². The van der Waals surface area contributed by atoms with E-state index in [4.69, 9.17) is 16.7 Å². The highest BCUT2D eigenvalue weighted by Gasteiger charge is 2.08. The number of carbonyl (C=O) groups is 1. The molecular formula is C16H13ClN2O2. The van der Waals surface area contributed by atoms with Gasteiger partial charge in [0, 0.05) is 17.3 Å². The molecule has 5 heteroatoms. The Labute approximate surface area is 127 Å². The Bertz CT molecular complexity index is 715. The van der Waals surface area contributed by atoms with Crippen LogP contribution in [-0.2, 0) is 0 Å². The molecule has 1 amide bonds. The Kier molecular flexibility index (Phi) is 4.94. The van der Waals surface area contributed by atoms with Crippen LogP contribution in [-0.4, -0.2) is 22.6 Å². The summed E-state index contributed by atoms with van der Waals surface area (Å²) in [4.78, 5) is 16.1. The minimum Gasteiger partial charge on any atom is -0.384 e. The molecule has 2 N–H and O–H groups in total. The molecule has 0 saturated carbocycles. The van der Waals surface area contributed by atoms with E-state index in [-0.39, 0.29) is 12.5 Å². The van der Waals surface area contributed by atoms with Crippen molar-refractivity contribution in [3.05, 3.63) is 58.2 Å². The van der Waals surface area contributed by atoms with Crippen LogP contribution in [0.25, 0.3) is 0 Å². The Balaban J connectivity index is 2.16. The fraction of sp³-hybridized carbons (Fsp3) is 0.125. The second-order valence-electron chi connectivity index (χ2n) is 4.31. The summed E-state index contributed by atoms with van der Waals surface area (Å²) in [6.07, 6.45) is 1.47. The van der Waals surface area contributed by atoms with Crippen molar-refractivity contribution in [1.82, 2.24) is 4.98 Å². The highest BCUT2D eigenvalue weighted by Crippen LogP contribution is 2.13. The molecule has 2 aromatic rings. The second-order valence-corrected chi connectivity index (χ2v) is 4.74. The van der Waals surface area contributed by atoms with Crippen LogP contribution < -0.4 is 5.32 Å². The number of carbonyl (C=O) groups excluding carboxylic acids is 1. The van der Waals surface area contributed by atoms with Gasteiger partial charge in [0.25, 0.3) is 5.91 Å². The summed E-state index contributed by atoms with van der Waals surface area (Å²) >= 11 is 5.74. The van der Waals surface area contributed by atoms with Gasteiger partial charge in [-0.1, -0.05) is 23.4 Å². The molecule has 0 fully saturated rings. The van der Waals surface area contributed by atoms with Crippen LogP contribution in [0.1, 0.15) is 21.5 Å². The first-order valence-electron chi connectivity index (χ1n) is 6.23. The van der Waals surface area contributed by atoms with E-state index in [1.165, 1.54) is 6.20 Å². The van der Waals surface area contributed by atoms with E-state index < -0.39 is 0 Å². The number of halogens is 1. The molecule has 0 atom stereocenters. The molecule has 0 aliphatic carbocycles. The Hall–Kier alpha value is -2.35. The summed E-state index contributed by atoms with van der Waals surface area (Å²) in [5.74, 6) is 5.59. The monoisotopic (exact) mass is 300 g/mol. The number of anilines is 1. The fourth-order valence-electron chi connectivity index (χ4n) is 1.72. The van der Waals surface area contributed by atoms with E-state index in [1.807, 2.05) is 6.92 Å². The lowest BCUT2D eigenvalue weighted by Crippen LogP contribution is -2.13. The van der Waals surface area contributed by atoms with Crippen molar-refractivity contribution in [2.45, 2.75) is 6.92 Å². The summed E-state index contributed by atoms with van der Waals surface area (Å²) in [5.41, 5.74) is 2.16. The largest absolute Gasteiger partial charge is 0.384 e. The van der Waals surface area contributed by atoms with E-state index in [9.17, 15) is 4.79 Å². The van der Waals surface area contributed by atoms with Crippen LogP contribution in [0, 0.1) is 18.8 Å². The molecule has 106 valence electrons. The van der Waals surface area contributed by atoms with Gasteiger partial charge in [-0.15, -0.1) is 0 Å². The zero-order valence-electron chi connectivity index (χ0n) is 11.4. The Morgan fingerprint density at radius 1 is 1.38 bits per heavy atom. The van der Waals surface area contributed by atoms with Gasteiger partial charge in [-0.3, -0.25) is 4.79 Å². The molecule has 4 nitrogen and oxygen atoms in total. The minimum atomic E-state index is -0.255. The number of rotatable bonds is 2. The number of aliphatic hydroxyl groups excluding tert-OH is 1. The number of aryl methyl sites for hydroxylation is 1. The van der Waals surface area contributed by atoms with Crippen LogP contribution in [0.2, 0.25) is 5.02 Å². The predicted molar refractivity (Wildman–Crippen MR) is 82.3 cm³/mol. The van der Waals surface area contributed by atoms with Crippen LogP contribution in [0.4, 0.5) is 5.82 Å². The number of hydrogen-bond acceptors (Lipinski definition) is 3. The standard InChI is InChI=1S/C16H13ClN2O2/c1-11-9-13(5-4-12(11)3-2-8-20)16(21)19-15-7-6-14(17)10-18-15/h4-7,9-10,20H,8H2,1H3,(H,18,19,21). The average Bonchev–Trinajstić information content (AvgIpc) is 2.48. The van der Waals surface area contributed by atoms with Crippen molar-refractivity contribution >= 4 is 23.3 Å². The third-order valence-electron chi connectivity index (χ3n) is 2.76. The normalized spacial score (nSPS) is 9.67. The molecule has 0 bridgehead atoms. The van der Waals surface area contributed by atoms with Crippen molar-refractivity contribution in [2.24, 2.45) is 0 Å². The predicted octanol–water partition coefficient (Wildman–Crippen LogP) is 2.64. The lowest BCUT2D eigenvalue weighted by molar-refractivity contribution is 0.102. The number of pyridine rings is 1. The summed E-state index contributed by atoms with van der Waals surface area (Å²) in [6.45, 7) is 1.67. The quantitative estimate of drug-likeness (QED) is 0.838. The van der Waals surface area contributed by atoms with Gasteiger partial charge in [0.1, 0.15) is 12.4 Å². The SMILES string of the molecule is Cc1cc(C(=O)Nc2ccc(Cl)cn2)ccc1C#CCO. The van der Waals surface area contributed by atoms with Crippen molar-refractivity contribution in [2.75, 3.05) is 11.9 Å². The molecule has 1 aromatic carbocycles. The van der Waals surface area contributed by atoms with E-state index in [1.54, 1.807) is 30.3 Å². The zero-order chi connectivity index (χ0) is 15.2. The highest BCUT2D eigenvalue weighted by atomic mass is 35.5. The van der Waals surface area contributed by atoms with Gasteiger partial charge in [0.2, 0.25) is 0 Å². The number of nitrogens with zero attached hydrogens (tertiary/aromatic N) is 1. The first-order valence-corrected chi connectivity index (χ1v) is 6.61. The first-order chi connectivity index (χ1) is 10.1. The number of aromatic nitrogens is 1. The maximum atomic E-state index is 12.1. The van der Waals surface area contributed by atoms with Crippen molar-refractivity contribution in [3.8, 4) is 11.8 Å². The van der Waals surface area contributed by atoms with Gasteiger partial charge in [0.15, 0.2) is 0 Å². The van der Waals surface area contributed by atoms with E-state index >= 15 is 0 Å². The maximum Gasteiger partial charge on any atom is 0.256 e. The smallest absolute Gasteiger partial charge is 0.256 e. The summed E-state index contributed by atoms with van der Waals surface area (Å²) in [7, 11) is 0. The molecule has 0 unspecified atom stereocenters. The van der Waals surface area contributed by atoms with Crippen LogP contribution in [0.15, 0.2) is 36.5 Å². The number of nitrogens with one attached hydrogen (secondary N) is 1. The number of hydrogen-bond donors (Lipinski definition) is 2. The third kappa shape index (κ3) is 4.06. The van der Waals surface area contributed by atoms with Gasteiger partial charge in [0.05, 0.1) is 5.02 Å². The maximum absolute atomic E-state index is 12.1. The molecule has 0 saturated heterocycles. The highest BCUT2D eigenvalue weighted by molar-refractivity contribution is 6.30. The lowest BCUT2D eigenvalue weighted by atomic mass is 10.0. The summed E-state index contributed by atoms with van der Waals surface area (Å²) in [5, 5.41) is 11.9. The molecule has 2 rings (SSSR count). The third-order valence-corrected chi connectivity index (χ3v) is 2.98. The fourth-order valence-corrected chi connectivity index (χ4v) is 1.83. The zero-order valence-corrected chi connectivity index (χ0v) is 12.1. The van der Waals surface area contributed by atoms with Crippen molar-refractivity contribution in [3.63, 3.8) is 0 Å². The van der Waals surface area contributed by atoms with Crippen LogP contribution >= 0.6 is 11.6 Å². The van der Waals surface area contributed by atoms with Crippen LogP contribution in [0.3, 0.4) is 0 Å². The number of amides is 1. The van der Waals surface area contributed by atoms with Crippen molar-refractivity contribution in [1.29, 1.82) is 0 Å². The van der Waals surface area contributed by atoms with E-state index in [0.29, 0.717) is 16.4 Å². The van der Waals surface area contributed by atoms with Gasteiger partial charge < -0.3 is 10.4 Å². The Morgan fingerprint density at radius 2 is 2.19 bits per heavy atom. The molecule has 0 aliphatic heterocycles. The molecule has 1 heterocycles. The van der Waals surface area contributed by atoms with E-state index in [2.05, 4.69) is 22.1 Å². The van der Waals surface area contributed by atoms with Gasteiger partial charge in [-0.25, -0.2) is 4.98 Å². The summed E-state index contributed by atoms with van der Waals surface area (Å²) in [6, 6.07) is 8.46. The minimum absolute atomic E-state index is 0.191. The summed E-state index contributed by atoms with van der Waals surface area (Å²) < 4.78 is 0. The van der Waals surface area contributed by atoms with Crippen LogP contribution in [0.5, 0.6) is 0 Å². The lowest BCUT2D eigenvalue weighted by Gasteiger charge is -2.06. The topological polar surface area (TPSA) is 62.2 Å². The Morgan fingerprint density at radius 3 is 2.81 bits per heavy atom. The van der Waals surface area contributed by atoms with Gasteiger partial charge in [-0.2, -0.15) is 0 Å². The molecule has 0 spiro atoms. The second kappa shape index (κ2) is 6.89. The molecule has 0 radical (unpaired) electrons. The number of benzene rings is 1. The molecule has 0 aliphatic rings. The molecule has 21 heavy (non-hydrogen) atoms.